The number of carboxylic acid groups (broad SMARTS) is 1. The van der Waals surface area contributed by atoms with Gasteiger partial charge in [0, 0.05) is 19.1 Å². The molecule has 1 aliphatic carbocycles. The number of aliphatic carboxylic acids is 1. The van der Waals surface area contributed by atoms with E-state index >= 15 is 0 Å². The topological polar surface area (TPSA) is 69.6 Å². The summed E-state index contributed by atoms with van der Waals surface area (Å²) in [5.41, 5.74) is -0.739. The molecule has 0 aromatic carbocycles. The van der Waals surface area contributed by atoms with Crippen molar-refractivity contribution in [3.8, 4) is 0 Å². The second-order valence-corrected chi connectivity index (χ2v) is 6.58. The second-order valence-electron chi connectivity index (χ2n) is 6.58. The number of hydrogen-bond acceptors (Lipinski definition) is 2. The highest BCUT2D eigenvalue weighted by molar-refractivity contribution is 5.79. The van der Waals surface area contributed by atoms with Gasteiger partial charge in [0.25, 0.3) is 0 Å². The lowest BCUT2D eigenvalue weighted by atomic mass is 9.76. The fourth-order valence-corrected chi connectivity index (χ4v) is 3.56. The molecule has 1 saturated carbocycles. The van der Waals surface area contributed by atoms with Gasteiger partial charge < -0.3 is 15.3 Å². The molecule has 2 fully saturated rings. The van der Waals surface area contributed by atoms with Crippen molar-refractivity contribution in [3.05, 3.63) is 0 Å². The van der Waals surface area contributed by atoms with Gasteiger partial charge in [-0.25, -0.2) is 4.79 Å². The van der Waals surface area contributed by atoms with Gasteiger partial charge in [0.1, 0.15) is 0 Å². The number of amides is 2. The first-order valence-corrected chi connectivity index (χ1v) is 7.75. The Morgan fingerprint density at radius 1 is 1.40 bits per heavy atom. The molecule has 5 heteroatoms. The predicted octanol–water partition coefficient (Wildman–Crippen LogP) is 2.46. The average molecular weight is 282 g/mol. The molecule has 1 unspecified atom stereocenters. The molecule has 20 heavy (non-hydrogen) atoms. The van der Waals surface area contributed by atoms with Gasteiger partial charge in [0.05, 0.1) is 5.41 Å². The second kappa shape index (κ2) is 6.02. The molecule has 0 radical (unpaired) electrons. The molecular formula is C15H26N2O3. The van der Waals surface area contributed by atoms with Crippen molar-refractivity contribution in [2.75, 3.05) is 13.1 Å². The van der Waals surface area contributed by atoms with Crippen LogP contribution in [0.3, 0.4) is 0 Å². The minimum Gasteiger partial charge on any atom is -0.481 e. The first-order chi connectivity index (χ1) is 9.47. The Morgan fingerprint density at radius 3 is 2.65 bits per heavy atom. The van der Waals surface area contributed by atoms with E-state index in [9.17, 15) is 14.7 Å². The third-order valence-electron chi connectivity index (χ3n) is 4.75. The highest BCUT2D eigenvalue weighted by Crippen LogP contribution is 2.35. The van der Waals surface area contributed by atoms with Gasteiger partial charge >= 0.3 is 12.0 Å². The van der Waals surface area contributed by atoms with E-state index in [1.165, 1.54) is 0 Å². The number of rotatable bonds is 4. The lowest BCUT2D eigenvalue weighted by molar-refractivity contribution is -0.152. The van der Waals surface area contributed by atoms with Crippen LogP contribution in [0.4, 0.5) is 4.79 Å². The molecular weight excluding hydrogens is 256 g/mol. The first kappa shape index (κ1) is 15.1. The van der Waals surface area contributed by atoms with Crippen molar-refractivity contribution in [2.24, 2.45) is 11.3 Å². The van der Waals surface area contributed by atoms with Crippen LogP contribution in [0.15, 0.2) is 0 Å². The quantitative estimate of drug-likeness (QED) is 0.832. The number of carboxylic acids is 1. The van der Waals surface area contributed by atoms with Gasteiger partial charge in [-0.1, -0.05) is 20.3 Å². The Kier molecular flexibility index (Phi) is 4.55. The van der Waals surface area contributed by atoms with Crippen LogP contribution in [0, 0.1) is 11.3 Å². The SMILES string of the molecule is CCCC1(C(=O)O)CCCN(C(=O)NC2CC(C)C2)C1. The zero-order chi connectivity index (χ0) is 14.8. The summed E-state index contributed by atoms with van der Waals surface area (Å²) in [5, 5.41) is 12.6. The highest BCUT2D eigenvalue weighted by atomic mass is 16.4. The molecule has 1 heterocycles. The van der Waals surface area contributed by atoms with Gasteiger partial charge in [-0.15, -0.1) is 0 Å². The smallest absolute Gasteiger partial charge is 0.317 e. The third kappa shape index (κ3) is 3.07. The Balaban J connectivity index is 1.94. The van der Waals surface area contributed by atoms with Crippen LogP contribution >= 0.6 is 0 Å². The minimum absolute atomic E-state index is 0.0803. The number of hydrogen-bond donors (Lipinski definition) is 2. The fraction of sp³-hybridized carbons (Fsp3) is 0.867. The fourth-order valence-electron chi connectivity index (χ4n) is 3.56. The van der Waals surface area contributed by atoms with E-state index in [4.69, 9.17) is 0 Å². The Morgan fingerprint density at radius 2 is 2.10 bits per heavy atom. The lowest BCUT2D eigenvalue weighted by Crippen LogP contribution is -2.55. The summed E-state index contributed by atoms with van der Waals surface area (Å²) in [5.74, 6) is -0.0611. The largest absolute Gasteiger partial charge is 0.481 e. The van der Waals surface area contributed by atoms with Crippen molar-refractivity contribution >= 4 is 12.0 Å². The molecule has 2 rings (SSSR count). The van der Waals surface area contributed by atoms with E-state index in [0.29, 0.717) is 31.8 Å². The first-order valence-electron chi connectivity index (χ1n) is 7.75. The van der Waals surface area contributed by atoms with Crippen LogP contribution < -0.4 is 5.32 Å². The molecule has 0 aromatic heterocycles. The van der Waals surface area contributed by atoms with E-state index in [1.54, 1.807) is 4.90 Å². The summed E-state index contributed by atoms with van der Waals surface area (Å²) in [6, 6.07) is 0.202. The number of likely N-dealkylation sites (tertiary alicyclic amines) is 1. The van der Waals surface area contributed by atoms with Crippen LogP contribution in [-0.2, 0) is 4.79 Å². The van der Waals surface area contributed by atoms with Crippen molar-refractivity contribution in [1.29, 1.82) is 0 Å². The number of carbonyl (C=O) groups excluding carboxylic acids is 1. The van der Waals surface area contributed by atoms with Crippen LogP contribution in [-0.4, -0.2) is 41.1 Å². The molecule has 0 aromatic rings. The number of carbonyl (C=O) groups is 2. The van der Waals surface area contributed by atoms with E-state index in [1.807, 2.05) is 6.92 Å². The highest BCUT2D eigenvalue weighted by Gasteiger charge is 2.43. The maximum atomic E-state index is 12.2. The molecule has 5 nitrogen and oxygen atoms in total. The summed E-state index contributed by atoms with van der Waals surface area (Å²) in [6.07, 6.45) is 5.02. The molecule has 0 bridgehead atoms. The van der Waals surface area contributed by atoms with Gasteiger partial charge in [-0.3, -0.25) is 4.79 Å². The van der Waals surface area contributed by atoms with Crippen molar-refractivity contribution in [2.45, 2.75) is 58.4 Å². The van der Waals surface area contributed by atoms with Crippen LogP contribution in [0.1, 0.15) is 52.4 Å². The maximum absolute atomic E-state index is 12.2. The van der Waals surface area contributed by atoms with E-state index in [2.05, 4.69) is 12.2 Å². The minimum atomic E-state index is -0.755. The summed E-state index contributed by atoms with van der Waals surface area (Å²) in [7, 11) is 0. The van der Waals surface area contributed by atoms with Crippen molar-refractivity contribution < 1.29 is 14.7 Å². The van der Waals surface area contributed by atoms with Gasteiger partial charge in [-0.05, 0) is 38.0 Å². The summed E-state index contributed by atoms with van der Waals surface area (Å²) >= 11 is 0. The molecule has 1 aliphatic heterocycles. The van der Waals surface area contributed by atoms with E-state index in [0.717, 1.165) is 25.7 Å². The molecule has 2 amide bonds. The van der Waals surface area contributed by atoms with Gasteiger partial charge in [0.2, 0.25) is 0 Å². The third-order valence-corrected chi connectivity index (χ3v) is 4.75. The van der Waals surface area contributed by atoms with Crippen molar-refractivity contribution in [1.82, 2.24) is 10.2 Å². The van der Waals surface area contributed by atoms with Crippen LogP contribution in [0.5, 0.6) is 0 Å². The zero-order valence-corrected chi connectivity index (χ0v) is 12.5. The maximum Gasteiger partial charge on any atom is 0.317 e. The molecule has 0 spiro atoms. The predicted molar refractivity (Wildman–Crippen MR) is 76.5 cm³/mol. The molecule has 1 saturated heterocycles. The number of piperidine rings is 1. The summed E-state index contributed by atoms with van der Waals surface area (Å²) in [4.78, 5) is 25.6. The number of nitrogens with zero attached hydrogens (tertiary/aromatic N) is 1. The molecule has 2 N–H and O–H groups in total. The zero-order valence-electron chi connectivity index (χ0n) is 12.5. The monoisotopic (exact) mass is 282 g/mol. The number of nitrogens with one attached hydrogen (secondary N) is 1. The Bertz CT molecular complexity index is 375. The van der Waals surface area contributed by atoms with Gasteiger partial charge in [0.15, 0.2) is 0 Å². The Labute approximate surface area is 120 Å². The van der Waals surface area contributed by atoms with Crippen molar-refractivity contribution in [3.63, 3.8) is 0 Å². The normalized spacial score (nSPS) is 33.4. The van der Waals surface area contributed by atoms with E-state index in [-0.39, 0.29) is 12.1 Å². The summed E-state index contributed by atoms with van der Waals surface area (Å²) in [6.45, 7) is 5.21. The van der Waals surface area contributed by atoms with Crippen LogP contribution in [0.2, 0.25) is 0 Å². The summed E-state index contributed by atoms with van der Waals surface area (Å²) < 4.78 is 0. The standard InChI is InChI=1S/C15H26N2O3/c1-3-5-15(13(18)19)6-4-7-17(10-15)14(20)16-12-8-11(2)9-12/h11-12H,3-10H2,1-2H3,(H,16,20)(H,18,19). The van der Waals surface area contributed by atoms with Gasteiger partial charge in [-0.2, -0.15) is 0 Å². The number of urea groups is 1. The lowest BCUT2D eigenvalue weighted by Gasteiger charge is -2.41. The Hall–Kier alpha value is -1.26. The van der Waals surface area contributed by atoms with E-state index < -0.39 is 11.4 Å². The molecule has 114 valence electrons. The molecule has 1 atom stereocenters. The average Bonchev–Trinajstić information content (AvgIpc) is 2.37. The van der Waals surface area contributed by atoms with Crippen LogP contribution in [0.25, 0.3) is 0 Å². The molecule has 2 aliphatic rings.